The number of nitrogens with two attached hydrogens (primary N) is 1. The third-order valence-corrected chi connectivity index (χ3v) is 1.91. The minimum absolute atomic E-state index is 0.286. The normalized spacial score (nSPS) is 13.0. The van der Waals surface area contributed by atoms with Crippen molar-refractivity contribution in [3.05, 3.63) is 34.9 Å². The van der Waals surface area contributed by atoms with Crippen molar-refractivity contribution in [2.75, 3.05) is 6.61 Å². The average molecular weight is 187 g/mol. The van der Waals surface area contributed by atoms with Gasteiger partial charge in [-0.3, -0.25) is 0 Å². The van der Waals surface area contributed by atoms with Crippen LogP contribution in [0.2, 0.25) is 0 Å². The zero-order valence-electron chi connectivity index (χ0n) is 7.22. The maximum Gasteiger partial charge on any atom is 0.159 e. The summed E-state index contributed by atoms with van der Waals surface area (Å²) in [5.74, 6) is -1.84. The molecule has 1 unspecified atom stereocenters. The van der Waals surface area contributed by atoms with Crippen LogP contribution < -0.4 is 5.73 Å². The van der Waals surface area contributed by atoms with E-state index < -0.39 is 17.7 Å². The Hall–Kier alpha value is -1.00. The summed E-state index contributed by atoms with van der Waals surface area (Å²) in [4.78, 5) is 0. The molecule has 13 heavy (non-hydrogen) atoms. The molecule has 1 aromatic rings. The fourth-order valence-electron chi connectivity index (χ4n) is 1.16. The molecule has 0 amide bonds. The highest BCUT2D eigenvalue weighted by atomic mass is 19.2. The van der Waals surface area contributed by atoms with Gasteiger partial charge in [-0.2, -0.15) is 0 Å². The van der Waals surface area contributed by atoms with Crippen LogP contribution in [0.15, 0.2) is 12.1 Å². The molecule has 3 N–H and O–H groups in total. The van der Waals surface area contributed by atoms with E-state index in [9.17, 15) is 8.78 Å². The van der Waals surface area contributed by atoms with E-state index >= 15 is 0 Å². The SMILES string of the molecule is Cc1cc(F)c(F)cc1C(N)CO. The minimum Gasteiger partial charge on any atom is -0.394 e. The van der Waals surface area contributed by atoms with E-state index in [1.165, 1.54) is 0 Å². The minimum atomic E-state index is -0.940. The Bertz CT molecular complexity index is 315. The molecule has 1 atom stereocenters. The third kappa shape index (κ3) is 2.02. The lowest BCUT2D eigenvalue weighted by Gasteiger charge is -2.11. The van der Waals surface area contributed by atoms with Gasteiger partial charge in [0.1, 0.15) is 0 Å². The fourth-order valence-corrected chi connectivity index (χ4v) is 1.16. The Kier molecular flexibility index (Phi) is 2.95. The van der Waals surface area contributed by atoms with E-state index in [1.54, 1.807) is 6.92 Å². The molecule has 2 nitrogen and oxygen atoms in total. The lowest BCUT2D eigenvalue weighted by molar-refractivity contribution is 0.267. The van der Waals surface area contributed by atoms with E-state index in [0.717, 1.165) is 12.1 Å². The number of aliphatic hydroxyl groups is 1. The molecule has 0 bridgehead atoms. The first-order chi connectivity index (χ1) is 6.06. The van der Waals surface area contributed by atoms with Crippen molar-refractivity contribution in [2.45, 2.75) is 13.0 Å². The quantitative estimate of drug-likeness (QED) is 0.732. The summed E-state index contributed by atoms with van der Waals surface area (Å²) in [5, 5.41) is 8.73. The van der Waals surface area contributed by atoms with E-state index in [0.29, 0.717) is 11.1 Å². The molecule has 1 rings (SSSR count). The molecule has 1 aromatic carbocycles. The van der Waals surface area contributed by atoms with Gasteiger partial charge in [-0.1, -0.05) is 0 Å². The number of aryl methyl sites for hydroxylation is 1. The number of halogens is 2. The van der Waals surface area contributed by atoms with Crippen LogP contribution in [0, 0.1) is 18.6 Å². The fraction of sp³-hybridized carbons (Fsp3) is 0.333. The van der Waals surface area contributed by atoms with Gasteiger partial charge >= 0.3 is 0 Å². The second-order valence-corrected chi connectivity index (χ2v) is 2.91. The summed E-state index contributed by atoms with van der Waals surface area (Å²) in [6.45, 7) is 1.33. The van der Waals surface area contributed by atoms with Gasteiger partial charge in [0.15, 0.2) is 11.6 Å². The molecule has 0 aliphatic heterocycles. The summed E-state index contributed by atoms with van der Waals surface area (Å²) < 4.78 is 25.4. The molecule has 0 radical (unpaired) electrons. The summed E-state index contributed by atoms with van der Waals surface area (Å²) in [6, 6.07) is 1.43. The highest BCUT2D eigenvalue weighted by molar-refractivity contribution is 5.30. The number of benzene rings is 1. The lowest BCUT2D eigenvalue weighted by Crippen LogP contribution is -2.16. The molecule has 0 spiro atoms. The number of aliphatic hydroxyl groups excluding tert-OH is 1. The maximum atomic E-state index is 12.7. The zero-order chi connectivity index (χ0) is 10.0. The highest BCUT2D eigenvalue weighted by Gasteiger charge is 2.11. The van der Waals surface area contributed by atoms with Crippen LogP contribution >= 0.6 is 0 Å². The summed E-state index contributed by atoms with van der Waals surface area (Å²) >= 11 is 0. The summed E-state index contributed by atoms with van der Waals surface area (Å²) in [7, 11) is 0. The first kappa shape index (κ1) is 10.1. The van der Waals surface area contributed by atoms with Crippen LogP contribution in [-0.2, 0) is 0 Å². The van der Waals surface area contributed by atoms with Gasteiger partial charge in [-0.05, 0) is 30.2 Å². The van der Waals surface area contributed by atoms with Gasteiger partial charge in [-0.15, -0.1) is 0 Å². The van der Waals surface area contributed by atoms with Gasteiger partial charge in [0, 0.05) is 0 Å². The lowest BCUT2D eigenvalue weighted by atomic mass is 10.0. The van der Waals surface area contributed by atoms with Gasteiger partial charge in [-0.25, -0.2) is 8.78 Å². The molecule has 0 saturated carbocycles. The summed E-state index contributed by atoms with van der Waals surface area (Å²) in [5.41, 5.74) is 6.45. The number of hydrogen-bond acceptors (Lipinski definition) is 2. The Morgan fingerprint density at radius 2 is 1.92 bits per heavy atom. The van der Waals surface area contributed by atoms with Gasteiger partial charge in [0.2, 0.25) is 0 Å². The Balaban J connectivity index is 3.15. The van der Waals surface area contributed by atoms with Gasteiger partial charge in [0.25, 0.3) is 0 Å². The average Bonchev–Trinajstić information content (AvgIpc) is 2.10. The van der Waals surface area contributed by atoms with Crippen molar-refractivity contribution in [1.82, 2.24) is 0 Å². The molecule has 4 heteroatoms. The molecule has 72 valence electrons. The van der Waals surface area contributed by atoms with Crippen LogP contribution in [-0.4, -0.2) is 11.7 Å². The largest absolute Gasteiger partial charge is 0.394 e. The Morgan fingerprint density at radius 1 is 1.38 bits per heavy atom. The highest BCUT2D eigenvalue weighted by Crippen LogP contribution is 2.18. The van der Waals surface area contributed by atoms with Crippen LogP contribution in [0.25, 0.3) is 0 Å². The van der Waals surface area contributed by atoms with Crippen LogP contribution in [0.4, 0.5) is 8.78 Å². The number of rotatable bonds is 2. The second-order valence-electron chi connectivity index (χ2n) is 2.91. The van der Waals surface area contributed by atoms with Gasteiger partial charge < -0.3 is 10.8 Å². The van der Waals surface area contributed by atoms with Crippen LogP contribution in [0.1, 0.15) is 17.2 Å². The molecular weight excluding hydrogens is 176 g/mol. The maximum absolute atomic E-state index is 12.7. The van der Waals surface area contributed by atoms with Crippen molar-refractivity contribution in [3.8, 4) is 0 Å². The molecular formula is C9H11F2NO. The second kappa shape index (κ2) is 3.81. The number of hydrogen-bond donors (Lipinski definition) is 2. The van der Waals surface area contributed by atoms with Crippen molar-refractivity contribution in [1.29, 1.82) is 0 Å². The third-order valence-electron chi connectivity index (χ3n) is 1.91. The first-order valence-electron chi connectivity index (χ1n) is 3.88. The zero-order valence-corrected chi connectivity index (χ0v) is 7.22. The molecule has 0 fully saturated rings. The monoisotopic (exact) mass is 187 g/mol. The van der Waals surface area contributed by atoms with Crippen molar-refractivity contribution in [3.63, 3.8) is 0 Å². The van der Waals surface area contributed by atoms with Crippen molar-refractivity contribution in [2.24, 2.45) is 5.73 Å². The van der Waals surface area contributed by atoms with E-state index in [4.69, 9.17) is 10.8 Å². The van der Waals surface area contributed by atoms with E-state index in [1.807, 2.05) is 0 Å². The standard InChI is InChI=1S/C9H11F2NO/c1-5-2-7(10)8(11)3-6(5)9(12)4-13/h2-3,9,13H,4,12H2,1H3. The molecule has 0 aliphatic rings. The topological polar surface area (TPSA) is 46.2 Å². The smallest absolute Gasteiger partial charge is 0.159 e. The molecule has 0 aromatic heterocycles. The predicted molar refractivity (Wildman–Crippen MR) is 45.1 cm³/mol. The summed E-state index contributed by atoms with van der Waals surface area (Å²) in [6.07, 6.45) is 0. The van der Waals surface area contributed by atoms with E-state index in [2.05, 4.69) is 0 Å². The molecule has 0 aliphatic carbocycles. The van der Waals surface area contributed by atoms with Gasteiger partial charge in [0.05, 0.1) is 12.6 Å². The van der Waals surface area contributed by atoms with Crippen molar-refractivity contribution < 1.29 is 13.9 Å². The first-order valence-corrected chi connectivity index (χ1v) is 3.88. The van der Waals surface area contributed by atoms with Crippen molar-refractivity contribution >= 4 is 0 Å². The van der Waals surface area contributed by atoms with Crippen LogP contribution in [0.5, 0.6) is 0 Å². The van der Waals surface area contributed by atoms with Crippen LogP contribution in [0.3, 0.4) is 0 Å². The predicted octanol–water partition coefficient (Wildman–Crippen LogP) is 1.27. The Morgan fingerprint density at radius 3 is 2.46 bits per heavy atom. The van der Waals surface area contributed by atoms with E-state index in [-0.39, 0.29) is 6.61 Å². The molecule has 0 saturated heterocycles. The molecule has 0 heterocycles. The Labute approximate surface area is 75.0 Å².